The Labute approximate surface area is 135 Å². The first-order valence-electron chi connectivity index (χ1n) is 6.86. The quantitative estimate of drug-likeness (QED) is 0.870. The van der Waals surface area contributed by atoms with Gasteiger partial charge in [0.05, 0.1) is 17.7 Å². The van der Waals surface area contributed by atoms with E-state index in [0.29, 0.717) is 11.4 Å². The van der Waals surface area contributed by atoms with E-state index in [0.717, 1.165) is 9.87 Å². The van der Waals surface area contributed by atoms with Gasteiger partial charge in [0.25, 0.3) is 10.0 Å². The Morgan fingerprint density at radius 2 is 1.65 bits per heavy atom. The molecule has 0 saturated carbocycles. The van der Waals surface area contributed by atoms with Gasteiger partial charge in [-0.1, -0.05) is 17.7 Å². The van der Waals surface area contributed by atoms with Crippen molar-refractivity contribution in [3.8, 4) is 5.75 Å². The van der Waals surface area contributed by atoms with Crippen molar-refractivity contribution in [2.24, 2.45) is 5.73 Å². The van der Waals surface area contributed by atoms with Gasteiger partial charge < -0.3 is 10.5 Å². The minimum absolute atomic E-state index is 0.0974. The van der Waals surface area contributed by atoms with Crippen LogP contribution in [0.2, 0.25) is 0 Å². The Hall–Kier alpha value is -2.54. The van der Waals surface area contributed by atoms with Gasteiger partial charge in [-0.3, -0.25) is 9.10 Å². The van der Waals surface area contributed by atoms with Gasteiger partial charge in [-0.05, 0) is 43.3 Å². The van der Waals surface area contributed by atoms with E-state index in [1.165, 1.54) is 19.2 Å². The second-order valence-corrected chi connectivity index (χ2v) is 6.85. The van der Waals surface area contributed by atoms with E-state index >= 15 is 0 Å². The van der Waals surface area contributed by atoms with Crippen molar-refractivity contribution in [2.75, 3.05) is 18.0 Å². The van der Waals surface area contributed by atoms with Crippen LogP contribution in [0.5, 0.6) is 5.75 Å². The van der Waals surface area contributed by atoms with Crippen molar-refractivity contribution in [1.29, 1.82) is 0 Å². The van der Waals surface area contributed by atoms with E-state index < -0.39 is 22.5 Å². The van der Waals surface area contributed by atoms with Crippen LogP contribution in [-0.4, -0.2) is 28.0 Å². The molecule has 7 heteroatoms. The fraction of sp³-hybridized carbons (Fsp3) is 0.188. The Morgan fingerprint density at radius 3 is 2.13 bits per heavy atom. The van der Waals surface area contributed by atoms with Crippen molar-refractivity contribution in [3.05, 3.63) is 54.1 Å². The van der Waals surface area contributed by atoms with E-state index in [-0.39, 0.29) is 4.90 Å². The molecule has 122 valence electrons. The minimum Gasteiger partial charge on any atom is -0.497 e. The third-order valence-corrected chi connectivity index (χ3v) is 5.06. The maximum absolute atomic E-state index is 12.8. The molecular formula is C16H18N2O4S. The Kier molecular flexibility index (Phi) is 4.90. The number of amides is 1. The number of sulfonamides is 1. The van der Waals surface area contributed by atoms with Crippen LogP contribution in [0.15, 0.2) is 53.4 Å². The summed E-state index contributed by atoms with van der Waals surface area (Å²) in [7, 11) is -2.38. The molecule has 0 heterocycles. The second kappa shape index (κ2) is 6.70. The van der Waals surface area contributed by atoms with Crippen molar-refractivity contribution in [1.82, 2.24) is 0 Å². The highest BCUT2D eigenvalue weighted by Gasteiger charge is 2.26. The number of methoxy groups -OCH3 is 1. The standard InChI is InChI=1S/C16H18N2O4S/c1-12-3-9-15(10-4-12)23(20,21)18(11-16(17)19)13-5-7-14(22-2)8-6-13/h3-10H,11H2,1-2H3,(H2,17,19). The Morgan fingerprint density at radius 1 is 1.09 bits per heavy atom. The van der Waals surface area contributed by atoms with Crippen LogP contribution in [0, 0.1) is 6.92 Å². The first-order valence-corrected chi connectivity index (χ1v) is 8.30. The summed E-state index contributed by atoms with van der Waals surface area (Å²) in [6.07, 6.45) is 0. The SMILES string of the molecule is COc1ccc(N(CC(N)=O)S(=O)(=O)c2ccc(C)cc2)cc1. The van der Waals surface area contributed by atoms with Gasteiger partial charge in [-0.2, -0.15) is 0 Å². The lowest BCUT2D eigenvalue weighted by Gasteiger charge is -2.23. The summed E-state index contributed by atoms with van der Waals surface area (Å²) in [5.74, 6) is -0.156. The van der Waals surface area contributed by atoms with E-state index in [2.05, 4.69) is 0 Å². The normalized spacial score (nSPS) is 11.0. The minimum atomic E-state index is -3.89. The smallest absolute Gasteiger partial charge is 0.264 e. The largest absolute Gasteiger partial charge is 0.497 e. The molecular weight excluding hydrogens is 316 g/mol. The van der Waals surface area contributed by atoms with E-state index in [4.69, 9.17) is 10.5 Å². The number of hydrogen-bond donors (Lipinski definition) is 1. The number of hydrogen-bond acceptors (Lipinski definition) is 4. The molecule has 0 aromatic heterocycles. The van der Waals surface area contributed by atoms with Gasteiger partial charge in [0.1, 0.15) is 12.3 Å². The third-order valence-electron chi connectivity index (χ3n) is 3.27. The molecule has 2 rings (SSSR count). The van der Waals surface area contributed by atoms with Crippen molar-refractivity contribution >= 4 is 21.6 Å². The average Bonchev–Trinajstić information content (AvgIpc) is 2.53. The molecule has 2 aromatic carbocycles. The van der Waals surface area contributed by atoms with Crippen LogP contribution in [-0.2, 0) is 14.8 Å². The van der Waals surface area contributed by atoms with Gasteiger partial charge >= 0.3 is 0 Å². The summed E-state index contributed by atoms with van der Waals surface area (Å²) < 4.78 is 31.7. The highest BCUT2D eigenvalue weighted by atomic mass is 32.2. The number of carbonyl (C=O) groups is 1. The average molecular weight is 334 g/mol. The number of rotatable bonds is 6. The number of aryl methyl sites for hydroxylation is 1. The van der Waals surface area contributed by atoms with Gasteiger partial charge in [0.15, 0.2) is 0 Å². The maximum atomic E-state index is 12.8. The molecule has 1 amide bonds. The molecule has 0 unspecified atom stereocenters. The summed E-state index contributed by atoms with van der Waals surface area (Å²) in [6, 6.07) is 12.8. The maximum Gasteiger partial charge on any atom is 0.264 e. The van der Waals surface area contributed by atoms with Gasteiger partial charge in [-0.15, -0.1) is 0 Å². The monoisotopic (exact) mass is 334 g/mol. The van der Waals surface area contributed by atoms with Gasteiger partial charge in [-0.25, -0.2) is 8.42 Å². The number of nitrogens with two attached hydrogens (primary N) is 1. The molecule has 2 aromatic rings. The molecule has 0 bridgehead atoms. The molecule has 23 heavy (non-hydrogen) atoms. The number of benzene rings is 2. The van der Waals surface area contributed by atoms with E-state index in [1.807, 2.05) is 6.92 Å². The third kappa shape index (κ3) is 3.81. The predicted molar refractivity (Wildman–Crippen MR) is 87.9 cm³/mol. The Balaban J connectivity index is 2.48. The zero-order chi connectivity index (χ0) is 17.0. The fourth-order valence-corrected chi connectivity index (χ4v) is 3.47. The number of carbonyl (C=O) groups excluding carboxylic acids is 1. The molecule has 0 aliphatic carbocycles. The summed E-state index contributed by atoms with van der Waals surface area (Å²) >= 11 is 0. The van der Waals surface area contributed by atoms with E-state index in [1.54, 1.807) is 36.4 Å². The first-order chi connectivity index (χ1) is 10.8. The number of primary amides is 1. The number of nitrogens with zero attached hydrogens (tertiary/aromatic N) is 1. The summed E-state index contributed by atoms with van der Waals surface area (Å²) in [4.78, 5) is 11.4. The summed E-state index contributed by atoms with van der Waals surface area (Å²) in [6.45, 7) is 1.42. The molecule has 0 radical (unpaired) electrons. The molecule has 0 aliphatic heterocycles. The van der Waals surface area contributed by atoms with Crippen molar-refractivity contribution in [3.63, 3.8) is 0 Å². The summed E-state index contributed by atoms with van der Waals surface area (Å²) in [5, 5.41) is 0. The molecule has 6 nitrogen and oxygen atoms in total. The lowest BCUT2D eigenvalue weighted by Crippen LogP contribution is -2.38. The van der Waals surface area contributed by atoms with Crippen LogP contribution < -0.4 is 14.8 Å². The molecule has 2 N–H and O–H groups in total. The van der Waals surface area contributed by atoms with Crippen molar-refractivity contribution < 1.29 is 17.9 Å². The first kappa shape index (κ1) is 16.8. The predicted octanol–water partition coefficient (Wildman–Crippen LogP) is 1.68. The fourth-order valence-electron chi connectivity index (χ4n) is 2.04. The topological polar surface area (TPSA) is 89.7 Å². The van der Waals surface area contributed by atoms with Gasteiger partial charge in [0, 0.05) is 0 Å². The van der Waals surface area contributed by atoms with Crippen molar-refractivity contribution in [2.45, 2.75) is 11.8 Å². The molecule has 0 aliphatic rings. The van der Waals surface area contributed by atoms with E-state index in [9.17, 15) is 13.2 Å². The lowest BCUT2D eigenvalue weighted by atomic mass is 10.2. The zero-order valence-corrected chi connectivity index (χ0v) is 13.7. The zero-order valence-electron chi connectivity index (χ0n) is 12.9. The highest BCUT2D eigenvalue weighted by Crippen LogP contribution is 2.25. The van der Waals surface area contributed by atoms with Crippen LogP contribution in [0.25, 0.3) is 0 Å². The van der Waals surface area contributed by atoms with Crippen LogP contribution in [0.1, 0.15) is 5.56 Å². The van der Waals surface area contributed by atoms with Gasteiger partial charge in [0.2, 0.25) is 5.91 Å². The molecule has 0 saturated heterocycles. The van der Waals surface area contributed by atoms with Crippen LogP contribution in [0.3, 0.4) is 0 Å². The lowest BCUT2D eigenvalue weighted by molar-refractivity contribution is -0.116. The number of ether oxygens (including phenoxy) is 1. The molecule has 0 atom stereocenters. The highest BCUT2D eigenvalue weighted by molar-refractivity contribution is 7.92. The Bertz CT molecular complexity index is 784. The van der Waals surface area contributed by atoms with Crippen LogP contribution in [0.4, 0.5) is 5.69 Å². The second-order valence-electron chi connectivity index (χ2n) is 4.99. The molecule has 0 spiro atoms. The van der Waals surface area contributed by atoms with Crippen LogP contribution >= 0.6 is 0 Å². The summed E-state index contributed by atoms with van der Waals surface area (Å²) in [5.41, 5.74) is 6.49. The molecule has 0 fully saturated rings. The number of anilines is 1.